The predicted octanol–water partition coefficient (Wildman–Crippen LogP) is 2.37. The molecule has 1 unspecified atom stereocenters. The zero-order chi connectivity index (χ0) is 12.5. The van der Waals surface area contributed by atoms with Gasteiger partial charge in [0.05, 0.1) is 18.3 Å². The molecular formula is C15H27NO2. The van der Waals surface area contributed by atoms with Crippen LogP contribution in [0.25, 0.3) is 0 Å². The molecule has 3 nitrogen and oxygen atoms in total. The van der Waals surface area contributed by atoms with E-state index < -0.39 is 0 Å². The summed E-state index contributed by atoms with van der Waals surface area (Å²) in [4.78, 5) is 0. The van der Waals surface area contributed by atoms with E-state index in [1.807, 2.05) is 0 Å². The molecule has 1 heterocycles. The molecule has 2 aliphatic carbocycles. The average Bonchev–Trinajstić information content (AvgIpc) is 3.11. The maximum Gasteiger partial charge on any atom is 0.0708 e. The van der Waals surface area contributed by atoms with Gasteiger partial charge in [-0.25, -0.2) is 0 Å². The van der Waals surface area contributed by atoms with E-state index >= 15 is 0 Å². The minimum Gasteiger partial charge on any atom is -0.394 e. The van der Waals surface area contributed by atoms with E-state index in [0.717, 1.165) is 19.4 Å². The highest BCUT2D eigenvalue weighted by atomic mass is 16.5. The van der Waals surface area contributed by atoms with Gasteiger partial charge in [0.1, 0.15) is 0 Å². The first-order valence-electron chi connectivity index (χ1n) is 7.80. The normalized spacial score (nSPS) is 33.5. The number of aliphatic hydroxyl groups is 1. The van der Waals surface area contributed by atoms with Gasteiger partial charge < -0.3 is 15.2 Å². The number of nitrogens with one attached hydrogen (secondary N) is 1. The van der Waals surface area contributed by atoms with Gasteiger partial charge in [0.15, 0.2) is 0 Å². The molecule has 3 rings (SSSR count). The Morgan fingerprint density at radius 2 is 1.67 bits per heavy atom. The van der Waals surface area contributed by atoms with E-state index in [2.05, 4.69) is 5.32 Å². The standard InChI is InChI=1S/C15H27NO2/c17-12-14(6-1-2-7-14)16-11-13-5-10-15(18-13)8-3-4-9-15/h13,16-17H,1-12H2. The lowest BCUT2D eigenvalue weighted by Gasteiger charge is -2.30. The third-order valence-corrected chi connectivity index (χ3v) is 5.42. The lowest BCUT2D eigenvalue weighted by atomic mass is 9.97. The minimum absolute atomic E-state index is 0.00872. The van der Waals surface area contributed by atoms with E-state index in [1.165, 1.54) is 51.4 Å². The first kappa shape index (κ1) is 12.9. The van der Waals surface area contributed by atoms with Gasteiger partial charge >= 0.3 is 0 Å². The summed E-state index contributed by atoms with van der Waals surface area (Å²) < 4.78 is 6.32. The fraction of sp³-hybridized carbons (Fsp3) is 1.00. The van der Waals surface area contributed by atoms with Crippen molar-refractivity contribution in [3.8, 4) is 0 Å². The topological polar surface area (TPSA) is 41.5 Å². The van der Waals surface area contributed by atoms with Gasteiger partial charge in [-0.05, 0) is 38.5 Å². The van der Waals surface area contributed by atoms with Crippen LogP contribution in [-0.2, 0) is 4.74 Å². The second-order valence-electron chi connectivity index (χ2n) is 6.70. The number of ether oxygens (including phenoxy) is 1. The first-order valence-corrected chi connectivity index (χ1v) is 7.80. The van der Waals surface area contributed by atoms with Crippen molar-refractivity contribution in [3.63, 3.8) is 0 Å². The molecule has 0 radical (unpaired) electrons. The van der Waals surface area contributed by atoms with Crippen LogP contribution in [0.5, 0.6) is 0 Å². The Kier molecular flexibility index (Phi) is 3.65. The van der Waals surface area contributed by atoms with Gasteiger partial charge in [-0.15, -0.1) is 0 Å². The Bertz CT molecular complexity index is 280. The summed E-state index contributed by atoms with van der Waals surface area (Å²) in [5.41, 5.74) is 0.253. The van der Waals surface area contributed by atoms with Crippen molar-refractivity contribution >= 4 is 0 Å². The quantitative estimate of drug-likeness (QED) is 0.808. The Morgan fingerprint density at radius 1 is 1.00 bits per heavy atom. The largest absolute Gasteiger partial charge is 0.394 e. The molecule has 2 saturated carbocycles. The van der Waals surface area contributed by atoms with E-state index in [1.54, 1.807) is 0 Å². The summed E-state index contributed by atoms with van der Waals surface area (Å²) in [7, 11) is 0. The number of rotatable bonds is 4. The zero-order valence-electron chi connectivity index (χ0n) is 11.4. The second kappa shape index (κ2) is 5.10. The molecule has 1 atom stereocenters. The third kappa shape index (κ3) is 2.45. The van der Waals surface area contributed by atoms with E-state index in [-0.39, 0.29) is 17.7 Å². The molecule has 0 aromatic carbocycles. The molecule has 18 heavy (non-hydrogen) atoms. The lowest BCUT2D eigenvalue weighted by Crippen LogP contribution is -2.49. The molecule has 3 aliphatic rings. The first-order chi connectivity index (χ1) is 8.76. The van der Waals surface area contributed by atoms with E-state index in [9.17, 15) is 5.11 Å². The van der Waals surface area contributed by atoms with Crippen molar-refractivity contribution in [2.75, 3.05) is 13.2 Å². The van der Waals surface area contributed by atoms with E-state index in [4.69, 9.17) is 4.74 Å². The smallest absolute Gasteiger partial charge is 0.0708 e. The Morgan fingerprint density at radius 3 is 2.33 bits per heavy atom. The number of aliphatic hydroxyl groups excluding tert-OH is 1. The number of hydrogen-bond acceptors (Lipinski definition) is 3. The Balaban J connectivity index is 1.49. The van der Waals surface area contributed by atoms with Crippen molar-refractivity contribution < 1.29 is 9.84 Å². The Labute approximate surface area is 110 Å². The van der Waals surface area contributed by atoms with Crippen LogP contribution in [0, 0.1) is 0 Å². The maximum atomic E-state index is 9.59. The monoisotopic (exact) mass is 253 g/mol. The van der Waals surface area contributed by atoms with Crippen molar-refractivity contribution in [2.24, 2.45) is 0 Å². The lowest BCUT2D eigenvalue weighted by molar-refractivity contribution is -0.0385. The molecule has 0 aromatic rings. The molecule has 3 heteroatoms. The summed E-state index contributed by atoms with van der Waals surface area (Å²) in [5.74, 6) is 0. The van der Waals surface area contributed by atoms with Crippen molar-refractivity contribution in [1.29, 1.82) is 0 Å². The van der Waals surface area contributed by atoms with Crippen molar-refractivity contribution in [2.45, 2.75) is 81.5 Å². The molecule has 0 amide bonds. The predicted molar refractivity (Wildman–Crippen MR) is 71.6 cm³/mol. The highest BCUT2D eigenvalue weighted by Gasteiger charge is 2.43. The Hall–Kier alpha value is -0.120. The van der Waals surface area contributed by atoms with Crippen LogP contribution in [0.1, 0.15) is 64.2 Å². The average molecular weight is 253 g/mol. The summed E-state index contributed by atoms with van der Waals surface area (Å²) in [6.07, 6.45) is 12.8. The fourth-order valence-corrected chi connectivity index (χ4v) is 4.20. The zero-order valence-corrected chi connectivity index (χ0v) is 11.4. The van der Waals surface area contributed by atoms with Crippen LogP contribution in [0.4, 0.5) is 0 Å². The van der Waals surface area contributed by atoms with E-state index in [0.29, 0.717) is 6.10 Å². The summed E-state index contributed by atoms with van der Waals surface area (Å²) in [6.45, 7) is 1.22. The van der Waals surface area contributed by atoms with Gasteiger partial charge in [0.2, 0.25) is 0 Å². The summed E-state index contributed by atoms with van der Waals surface area (Å²) >= 11 is 0. The second-order valence-corrected chi connectivity index (χ2v) is 6.70. The van der Waals surface area contributed by atoms with Crippen molar-refractivity contribution in [1.82, 2.24) is 5.32 Å². The maximum absolute atomic E-state index is 9.59. The molecule has 1 aliphatic heterocycles. The highest BCUT2D eigenvalue weighted by Crippen LogP contribution is 2.43. The fourth-order valence-electron chi connectivity index (χ4n) is 4.20. The number of hydrogen-bond donors (Lipinski definition) is 2. The summed E-state index contributed by atoms with van der Waals surface area (Å²) in [6, 6.07) is 0. The van der Waals surface area contributed by atoms with Crippen LogP contribution in [0.2, 0.25) is 0 Å². The summed E-state index contributed by atoms with van der Waals surface area (Å²) in [5, 5.41) is 13.2. The molecule has 104 valence electrons. The van der Waals surface area contributed by atoms with Crippen LogP contribution < -0.4 is 5.32 Å². The van der Waals surface area contributed by atoms with Gasteiger partial charge in [0, 0.05) is 12.1 Å². The van der Waals surface area contributed by atoms with Crippen LogP contribution in [0.3, 0.4) is 0 Å². The van der Waals surface area contributed by atoms with Crippen LogP contribution in [0.15, 0.2) is 0 Å². The van der Waals surface area contributed by atoms with Crippen LogP contribution >= 0.6 is 0 Å². The molecule has 1 saturated heterocycles. The SMILES string of the molecule is OCC1(NCC2CCC3(CCCC3)O2)CCCC1. The van der Waals surface area contributed by atoms with Crippen molar-refractivity contribution in [3.05, 3.63) is 0 Å². The third-order valence-electron chi connectivity index (χ3n) is 5.42. The van der Waals surface area contributed by atoms with Crippen LogP contribution in [-0.4, -0.2) is 35.5 Å². The van der Waals surface area contributed by atoms with Gasteiger partial charge in [-0.1, -0.05) is 25.7 Å². The highest BCUT2D eigenvalue weighted by molar-refractivity contribution is 4.96. The van der Waals surface area contributed by atoms with Gasteiger partial charge in [-0.3, -0.25) is 0 Å². The van der Waals surface area contributed by atoms with Gasteiger partial charge in [-0.2, -0.15) is 0 Å². The molecule has 2 N–H and O–H groups in total. The molecular weight excluding hydrogens is 226 g/mol. The molecule has 0 bridgehead atoms. The molecule has 0 aromatic heterocycles. The molecule has 3 fully saturated rings. The minimum atomic E-state index is 0.00872. The molecule has 1 spiro atoms. The van der Waals surface area contributed by atoms with Gasteiger partial charge in [0.25, 0.3) is 0 Å².